The number of hydrogen-bond donors (Lipinski definition) is 2. The van der Waals surface area contributed by atoms with E-state index in [-0.39, 0.29) is 6.61 Å². The molecule has 1 fully saturated rings. The van der Waals surface area contributed by atoms with Crippen LogP contribution in [0.1, 0.15) is 47.9 Å². The van der Waals surface area contributed by atoms with E-state index >= 15 is 0 Å². The molecule has 0 aliphatic heterocycles. The van der Waals surface area contributed by atoms with Crippen LogP contribution in [-0.2, 0) is 6.54 Å². The highest BCUT2D eigenvalue weighted by molar-refractivity contribution is 7.98. The van der Waals surface area contributed by atoms with Gasteiger partial charge in [0.15, 0.2) is 0 Å². The molecule has 1 aromatic heterocycles. The van der Waals surface area contributed by atoms with Gasteiger partial charge in [0.25, 0.3) is 0 Å². The Kier molecular flexibility index (Phi) is 6.64. The lowest BCUT2D eigenvalue weighted by atomic mass is 10.1. The fourth-order valence-corrected chi connectivity index (χ4v) is 4.34. The Morgan fingerprint density at radius 3 is 3.00 bits per heavy atom. The monoisotopic (exact) mass is 300 g/mol. The summed E-state index contributed by atoms with van der Waals surface area (Å²) in [5, 5.41) is 13.9. The molecule has 2 rings (SSSR count). The zero-order valence-corrected chi connectivity index (χ0v) is 13.2. The predicted octanol–water partition coefficient (Wildman–Crippen LogP) is 3.00. The molecule has 0 radical (unpaired) electrons. The summed E-state index contributed by atoms with van der Waals surface area (Å²) in [6, 6.07) is 0.400. The van der Waals surface area contributed by atoms with E-state index in [4.69, 9.17) is 5.11 Å². The Hall–Kier alpha value is -0.100. The first-order valence-electron chi connectivity index (χ1n) is 7.11. The van der Waals surface area contributed by atoms with E-state index in [9.17, 15) is 0 Å². The fraction of sp³-hybridized carbons (Fsp3) is 0.786. The molecule has 19 heavy (non-hydrogen) atoms. The second-order valence-electron chi connectivity index (χ2n) is 5.19. The zero-order valence-electron chi connectivity index (χ0n) is 11.6. The molecule has 3 nitrogen and oxygen atoms in total. The topological polar surface area (TPSA) is 45.1 Å². The molecular formula is C14H24N2OS2. The SMILES string of the molecule is CSCC(CCO)NCc1cnc(C2CCCC2)s1. The van der Waals surface area contributed by atoms with Gasteiger partial charge in [0.2, 0.25) is 0 Å². The minimum Gasteiger partial charge on any atom is -0.396 e. The van der Waals surface area contributed by atoms with E-state index < -0.39 is 0 Å². The largest absolute Gasteiger partial charge is 0.396 e. The van der Waals surface area contributed by atoms with E-state index in [1.807, 2.05) is 29.3 Å². The maximum Gasteiger partial charge on any atom is 0.0959 e. The van der Waals surface area contributed by atoms with Crippen LogP contribution < -0.4 is 5.32 Å². The van der Waals surface area contributed by atoms with Gasteiger partial charge in [-0.25, -0.2) is 4.98 Å². The van der Waals surface area contributed by atoms with Gasteiger partial charge in [-0.2, -0.15) is 11.8 Å². The van der Waals surface area contributed by atoms with Crippen molar-refractivity contribution in [3.8, 4) is 0 Å². The number of rotatable bonds is 8. The highest BCUT2D eigenvalue weighted by Gasteiger charge is 2.20. The summed E-state index contributed by atoms with van der Waals surface area (Å²) < 4.78 is 0. The summed E-state index contributed by atoms with van der Waals surface area (Å²) in [7, 11) is 0. The lowest BCUT2D eigenvalue weighted by Gasteiger charge is -2.15. The molecule has 0 aromatic carbocycles. The van der Waals surface area contributed by atoms with Crippen LogP contribution in [0.5, 0.6) is 0 Å². The number of thioether (sulfide) groups is 1. The van der Waals surface area contributed by atoms with Crippen molar-refractivity contribution < 1.29 is 5.11 Å². The Bertz CT molecular complexity index is 358. The van der Waals surface area contributed by atoms with Crippen LogP contribution in [0, 0.1) is 0 Å². The highest BCUT2D eigenvalue weighted by Crippen LogP contribution is 2.35. The quantitative estimate of drug-likeness (QED) is 0.775. The first-order valence-corrected chi connectivity index (χ1v) is 9.32. The molecule has 1 aromatic rings. The van der Waals surface area contributed by atoms with Crippen LogP contribution in [0.2, 0.25) is 0 Å². The molecule has 0 amide bonds. The number of aliphatic hydroxyl groups excluding tert-OH is 1. The summed E-state index contributed by atoms with van der Waals surface area (Å²) in [6.45, 7) is 1.14. The summed E-state index contributed by atoms with van der Waals surface area (Å²) in [5.41, 5.74) is 0. The van der Waals surface area contributed by atoms with Gasteiger partial charge in [-0.1, -0.05) is 12.8 Å². The fourth-order valence-electron chi connectivity index (χ4n) is 2.61. The van der Waals surface area contributed by atoms with Crippen LogP contribution in [0.4, 0.5) is 0 Å². The van der Waals surface area contributed by atoms with Gasteiger partial charge < -0.3 is 10.4 Å². The van der Waals surface area contributed by atoms with Crippen LogP contribution >= 0.6 is 23.1 Å². The zero-order chi connectivity index (χ0) is 13.5. The Labute approximate surface area is 124 Å². The van der Waals surface area contributed by atoms with Crippen LogP contribution in [0.3, 0.4) is 0 Å². The van der Waals surface area contributed by atoms with Crippen molar-refractivity contribution >= 4 is 23.1 Å². The van der Waals surface area contributed by atoms with Crippen molar-refractivity contribution in [3.05, 3.63) is 16.1 Å². The Morgan fingerprint density at radius 1 is 1.53 bits per heavy atom. The second-order valence-corrected chi connectivity index (χ2v) is 7.25. The molecule has 2 N–H and O–H groups in total. The smallest absolute Gasteiger partial charge is 0.0959 e. The number of nitrogens with one attached hydrogen (secondary N) is 1. The van der Waals surface area contributed by atoms with Crippen molar-refractivity contribution in [2.45, 2.75) is 50.6 Å². The first-order chi connectivity index (χ1) is 9.33. The molecule has 0 saturated heterocycles. The minimum atomic E-state index is 0.258. The number of aromatic nitrogens is 1. The third kappa shape index (κ3) is 4.74. The van der Waals surface area contributed by atoms with Crippen LogP contribution in [0.15, 0.2) is 6.20 Å². The van der Waals surface area contributed by atoms with Gasteiger partial charge in [-0.15, -0.1) is 11.3 Å². The van der Waals surface area contributed by atoms with Gasteiger partial charge in [0, 0.05) is 41.9 Å². The van der Waals surface area contributed by atoms with Gasteiger partial charge >= 0.3 is 0 Å². The van der Waals surface area contributed by atoms with Crippen molar-refractivity contribution in [1.29, 1.82) is 0 Å². The third-order valence-corrected chi connectivity index (χ3v) is 5.58. The van der Waals surface area contributed by atoms with Crippen LogP contribution in [0.25, 0.3) is 0 Å². The van der Waals surface area contributed by atoms with E-state index in [2.05, 4.69) is 16.6 Å². The molecule has 0 bridgehead atoms. The molecule has 1 atom stereocenters. The first kappa shape index (κ1) is 15.3. The Morgan fingerprint density at radius 2 is 2.32 bits per heavy atom. The van der Waals surface area contributed by atoms with E-state index in [0.29, 0.717) is 6.04 Å². The van der Waals surface area contributed by atoms with E-state index in [1.165, 1.54) is 35.6 Å². The normalized spacial score (nSPS) is 18.0. The van der Waals surface area contributed by atoms with Crippen molar-refractivity contribution in [2.75, 3.05) is 18.6 Å². The van der Waals surface area contributed by atoms with Crippen LogP contribution in [-0.4, -0.2) is 34.7 Å². The summed E-state index contributed by atoms with van der Waals surface area (Å²) in [6.07, 6.45) is 10.3. The molecule has 1 heterocycles. The van der Waals surface area contributed by atoms with Gasteiger partial charge in [0.05, 0.1) is 5.01 Å². The summed E-state index contributed by atoms with van der Waals surface area (Å²) in [4.78, 5) is 5.92. The molecule has 1 aliphatic carbocycles. The Balaban J connectivity index is 1.81. The average molecular weight is 300 g/mol. The lowest BCUT2D eigenvalue weighted by molar-refractivity contribution is 0.270. The average Bonchev–Trinajstić information content (AvgIpc) is 3.07. The third-order valence-electron chi connectivity index (χ3n) is 3.69. The molecule has 1 unspecified atom stereocenters. The molecule has 1 saturated carbocycles. The maximum atomic E-state index is 9.05. The number of thiazole rings is 1. The van der Waals surface area contributed by atoms with Gasteiger partial charge in [-0.3, -0.25) is 0 Å². The molecular weight excluding hydrogens is 276 g/mol. The molecule has 1 aliphatic rings. The van der Waals surface area contributed by atoms with Crippen molar-refractivity contribution in [1.82, 2.24) is 10.3 Å². The number of hydrogen-bond acceptors (Lipinski definition) is 5. The highest BCUT2D eigenvalue weighted by atomic mass is 32.2. The van der Waals surface area contributed by atoms with E-state index in [1.54, 1.807) is 0 Å². The van der Waals surface area contributed by atoms with Gasteiger partial charge in [0.1, 0.15) is 0 Å². The van der Waals surface area contributed by atoms with Crippen molar-refractivity contribution in [2.24, 2.45) is 0 Å². The lowest BCUT2D eigenvalue weighted by Crippen LogP contribution is -2.31. The molecule has 5 heteroatoms. The standard InChI is InChI=1S/C14H24N2OS2/c1-18-10-12(6-7-17)15-8-13-9-16-14(19-13)11-4-2-3-5-11/h9,11-12,15,17H,2-8,10H2,1H3. The number of nitrogens with zero attached hydrogens (tertiary/aromatic N) is 1. The van der Waals surface area contributed by atoms with Gasteiger partial charge in [-0.05, 0) is 25.5 Å². The number of aliphatic hydroxyl groups is 1. The second kappa shape index (κ2) is 8.25. The molecule has 108 valence electrons. The van der Waals surface area contributed by atoms with E-state index in [0.717, 1.165) is 24.6 Å². The molecule has 0 spiro atoms. The summed E-state index contributed by atoms with van der Waals surface area (Å²) >= 11 is 3.69. The predicted molar refractivity (Wildman–Crippen MR) is 84.0 cm³/mol. The maximum absolute atomic E-state index is 9.05. The van der Waals surface area contributed by atoms with Crippen molar-refractivity contribution in [3.63, 3.8) is 0 Å². The minimum absolute atomic E-state index is 0.258. The summed E-state index contributed by atoms with van der Waals surface area (Å²) in [5.74, 6) is 1.77.